The standard InChI is InChI=1S/C21H13BrClN3O4/c1-12-18(21(27)25(24-12)14-4-2-13(23)3-5-14)11-16-7-9-20(30-16)17-8-6-15(26(28)29)10-19(17)22/h2-11H,1H3/b18-11-. The minimum absolute atomic E-state index is 0.0230. The summed E-state index contributed by atoms with van der Waals surface area (Å²) >= 11 is 9.25. The number of nitrogens with zero attached hydrogens (tertiary/aromatic N) is 3. The number of furan rings is 1. The molecule has 0 spiro atoms. The van der Waals surface area contributed by atoms with Gasteiger partial charge in [-0.25, -0.2) is 0 Å². The number of anilines is 1. The van der Waals surface area contributed by atoms with Crippen molar-refractivity contribution in [3.8, 4) is 11.3 Å². The summed E-state index contributed by atoms with van der Waals surface area (Å²) in [6.07, 6.45) is 1.62. The van der Waals surface area contributed by atoms with E-state index in [-0.39, 0.29) is 11.6 Å². The Hall–Kier alpha value is -3.23. The normalized spacial score (nSPS) is 15.0. The molecular formula is C21H13BrClN3O4. The molecule has 0 radical (unpaired) electrons. The second-order valence-corrected chi connectivity index (χ2v) is 7.75. The van der Waals surface area contributed by atoms with Crippen LogP contribution in [0.5, 0.6) is 0 Å². The van der Waals surface area contributed by atoms with Crippen molar-refractivity contribution in [1.29, 1.82) is 0 Å². The Morgan fingerprint density at radius 2 is 1.90 bits per heavy atom. The summed E-state index contributed by atoms with van der Waals surface area (Å²) in [5.74, 6) is 0.702. The van der Waals surface area contributed by atoms with Crippen LogP contribution in [-0.2, 0) is 4.79 Å². The van der Waals surface area contributed by atoms with Crippen LogP contribution in [0.15, 0.2) is 74.2 Å². The van der Waals surface area contributed by atoms with Crippen LogP contribution in [0.4, 0.5) is 11.4 Å². The Morgan fingerprint density at radius 3 is 2.57 bits per heavy atom. The number of hydrazone groups is 1. The zero-order chi connectivity index (χ0) is 21.4. The van der Waals surface area contributed by atoms with Crippen LogP contribution < -0.4 is 5.01 Å². The summed E-state index contributed by atoms with van der Waals surface area (Å²) in [6.45, 7) is 1.75. The number of halogens is 2. The van der Waals surface area contributed by atoms with Gasteiger partial charge < -0.3 is 4.42 Å². The van der Waals surface area contributed by atoms with Crippen molar-refractivity contribution in [2.75, 3.05) is 5.01 Å². The number of nitro benzene ring substituents is 1. The Bertz CT molecular complexity index is 1230. The summed E-state index contributed by atoms with van der Waals surface area (Å²) in [6, 6.07) is 14.7. The van der Waals surface area contributed by atoms with Crippen LogP contribution in [-0.4, -0.2) is 16.5 Å². The molecule has 1 amide bonds. The SMILES string of the molecule is CC1=NN(c2ccc(Cl)cc2)C(=O)/C1=C\c1ccc(-c2ccc([N+](=O)[O-])cc2Br)o1. The van der Waals surface area contributed by atoms with Crippen molar-refractivity contribution in [2.45, 2.75) is 6.92 Å². The van der Waals surface area contributed by atoms with Gasteiger partial charge in [-0.3, -0.25) is 14.9 Å². The van der Waals surface area contributed by atoms with Gasteiger partial charge in [-0.15, -0.1) is 0 Å². The first-order valence-electron chi connectivity index (χ1n) is 8.75. The van der Waals surface area contributed by atoms with Gasteiger partial charge in [0.2, 0.25) is 0 Å². The van der Waals surface area contributed by atoms with Crippen LogP contribution in [0.2, 0.25) is 5.02 Å². The molecule has 4 rings (SSSR count). The van der Waals surface area contributed by atoms with Gasteiger partial charge in [0.1, 0.15) is 11.5 Å². The molecule has 150 valence electrons. The van der Waals surface area contributed by atoms with Crippen LogP contribution >= 0.6 is 27.5 Å². The third kappa shape index (κ3) is 3.79. The molecule has 2 aromatic carbocycles. The number of hydrogen-bond donors (Lipinski definition) is 0. The molecule has 30 heavy (non-hydrogen) atoms. The highest BCUT2D eigenvalue weighted by molar-refractivity contribution is 9.10. The first-order chi connectivity index (χ1) is 14.3. The molecule has 0 atom stereocenters. The van der Waals surface area contributed by atoms with Gasteiger partial charge in [0, 0.05) is 27.2 Å². The van der Waals surface area contributed by atoms with Gasteiger partial charge in [0.15, 0.2) is 0 Å². The van der Waals surface area contributed by atoms with E-state index in [0.717, 1.165) is 0 Å². The van der Waals surface area contributed by atoms with Gasteiger partial charge >= 0.3 is 0 Å². The van der Waals surface area contributed by atoms with Crippen molar-refractivity contribution in [1.82, 2.24) is 0 Å². The highest BCUT2D eigenvalue weighted by atomic mass is 79.9. The first kappa shape index (κ1) is 20.1. The molecule has 1 aliphatic heterocycles. The van der Waals surface area contributed by atoms with Crippen molar-refractivity contribution in [3.05, 3.63) is 85.5 Å². The fourth-order valence-electron chi connectivity index (χ4n) is 2.98. The maximum absolute atomic E-state index is 12.8. The van der Waals surface area contributed by atoms with Gasteiger partial charge in [-0.05, 0) is 71.4 Å². The molecule has 0 N–H and O–H groups in total. The molecule has 0 saturated heterocycles. The van der Waals surface area contributed by atoms with E-state index in [4.69, 9.17) is 16.0 Å². The Morgan fingerprint density at radius 1 is 1.17 bits per heavy atom. The second kappa shape index (κ2) is 7.89. The lowest BCUT2D eigenvalue weighted by atomic mass is 10.1. The van der Waals surface area contributed by atoms with Gasteiger partial charge in [-0.2, -0.15) is 10.1 Å². The number of benzene rings is 2. The third-order valence-electron chi connectivity index (χ3n) is 4.48. The predicted molar refractivity (Wildman–Crippen MR) is 119 cm³/mol. The van der Waals surface area contributed by atoms with E-state index in [1.54, 1.807) is 55.5 Å². The molecule has 1 aliphatic rings. The Balaban J connectivity index is 1.61. The number of nitro groups is 1. The molecule has 0 saturated carbocycles. The van der Waals surface area contributed by atoms with E-state index in [1.807, 2.05) is 0 Å². The van der Waals surface area contributed by atoms with E-state index in [1.165, 1.54) is 17.1 Å². The zero-order valence-electron chi connectivity index (χ0n) is 15.5. The fraction of sp³-hybridized carbons (Fsp3) is 0.0476. The van der Waals surface area contributed by atoms with E-state index in [9.17, 15) is 14.9 Å². The van der Waals surface area contributed by atoms with E-state index in [0.29, 0.717) is 43.6 Å². The molecule has 1 aromatic heterocycles. The third-order valence-corrected chi connectivity index (χ3v) is 5.38. The second-order valence-electron chi connectivity index (χ2n) is 6.46. The molecule has 0 aliphatic carbocycles. The van der Waals surface area contributed by atoms with Crippen molar-refractivity contribution in [2.24, 2.45) is 5.10 Å². The molecule has 0 unspecified atom stereocenters. The zero-order valence-corrected chi connectivity index (χ0v) is 17.8. The lowest BCUT2D eigenvalue weighted by Crippen LogP contribution is -2.21. The molecular weight excluding hydrogens is 474 g/mol. The smallest absolute Gasteiger partial charge is 0.280 e. The molecule has 2 heterocycles. The van der Waals surface area contributed by atoms with Crippen LogP contribution in [0.3, 0.4) is 0 Å². The van der Waals surface area contributed by atoms with Crippen molar-refractivity contribution in [3.63, 3.8) is 0 Å². The fourth-order valence-corrected chi connectivity index (χ4v) is 3.66. The monoisotopic (exact) mass is 485 g/mol. The minimum atomic E-state index is -0.465. The number of carbonyl (C=O) groups is 1. The van der Waals surface area contributed by atoms with E-state index in [2.05, 4.69) is 21.0 Å². The summed E-state index contributed by atoms with van der Waals surface area (Å²) in [5, 5.41) is 17.1. The highest BCUT2D eigenvalue weighted by Crippen LogP contribution is 2.33. The maximum Gasteiger partial charge on any atom is 0.280 e. The van der Waals surface area contributed by atoms with E-state index < -0.39 is 4.92 Å². The summed E-state index contributed by atoms with van der Waals surface area (Å²) in [5.41, 5.74) is 2.22. The number of carbonyl (C=O) groups excluding carboxylic acids is 1. The summed E-state index contributed by atoms with van der Waals surface area (Å²) in [4.78, 5) is 23.3. The summed E-state index contributed by atoms with van der Waals surface area (Å²) < 4.78 is 6.38. The largest absolute Gasteiger partial charge is 0.457 e. The Labute approximate surface area is 184 Å². The lowest BCUT2D eigenvalue weighted by Gasteiger charge is -2.11. The number of amides is 1. The number of non-ortho nitro benzene ring substituents is 1. The number of rotatable bonds is 4. The van der Waals surface area contributed by atoms with Crippen LogP contribution in [0.25, 0.3) is 17.4 Å². The molecule has 0 bridgehead atoms. The van der Waals surface area contributed by atoms with Gasteiger partial charge in [0.25, 0.3) is 11.6 Å². The van der Waals surface area contributed by atoms with Crippen LogP contribution in [0.1, 0.15) is 12.7 Å². The lowest BCUT2D eigenvalue weighted by molar-refractivity contribution is -0.384. The van der Waals surface area contributed by atoms with Crippen molar-refractivity contribution >= 4 is 56.6 Å². The van der Waals surface area contributed by atoms with Crippen molar-refractivity contribution < 1.29 is 14.1 Å². The molecule has 7 nitrogen and oxygen atoms in total. The molecule has 9 heteroatoms. The minimum Gasteiger partial charge on any atom is -0.457 e. The predicted octanol–water partition coefficient (Wildman–Crippen LogP) is 6.08. The molecule has 0 fully saturated rings. The van der Waals surface area contributed by atoms with Gasteiger partial charge in [-0.1, -0.05) is 11.6 Å². The van der Waals surface area contributed by atoms with Crippen LogP contribution in [0, 0.1) is 10.1 Å². The van der Waals surface area contributed by atoms with E-state index >= 15 is 0 Å². The topological polar surface area (TPSA) is 89.0 Å². The maximum atomic E-state index is 12.8. The summed E-state index contributed by atoms with van der Waals surface area (Å²) in [7, 11) is 0. The number of hydrogen-bond acceptors (Lipinski definition) is 5. The quantitative estimate of drug-likeness (QED) is 0.254. The average molecular weight is 487 g/mol. The first-order valence-corrected chi connectivity index (χ1v) is 9.92. The van der Waals surface area contributed by atoms with Gasteiger partial charge in [0.05, 0.1) is 21.9 Å². The Kier molecular flexibility index (Phi) is 5.27. The molecule has 3 aromatic rings. The highest BCUT2D eigenvalue weighted by Gasteiger charge is 2.29. The average Bonchev–Trinajstić information content (AvgIpc) is 3.28.